The second-order valence-electron chi connectivity index (χ2n) is 4.84. The molecule has 5 heteroatoms. The highest BCUT2D eigenvalue weighted by Gasteiger charge is 2.42. The topological polar surface area (TPSA) is 87.0 Å². The fraction of sp³-hybridized carbons (Fsp3) is 0.500. The van der Waals surface area contributed by atoms with Crippen molar-refractivity contribution in [2.45, 2.75) is 43.9 Å². The summed E-state index contributed by atoms with van der Waals surface area (Å²) in [7, 11) is 0. The smallest absolute Gasteiger partial charge is 0.165 e. The van der Waals surface area contributed by atoms with Crippen molar-refractivity contribution in [2.24, 2.45) is 0 Å². The minimum Gasteiger partial charge on any atom is -0.388 e. The molecule has 1 aliphatic rings. The van der Waals surface area contributed by atoms with Crippen LogP contribution >= 0.6 is 0 Å². The highest BCUT2D eigenvalue weighted by Crippen LogP contribution is 2.24. The quantitative estimate of drug-likeness (QED) is 0.677. The van der Waals surface area contributed by atoms with Crippen LogP contribution in [0.5, 0.6) is 0 Å². The molecule has 0 saturated carbocycles. The summed E-state index contributed by atoms with van der Waals surface area (Å²) in [5.41, 5.74) is 0.534. The van der Waals surface area contributed by atoms with E-state index in [1.807, 2.05) is 6.07 Å². The summed E-state index contributed by atoms with van der Waals surface area (Å²) < 4.78 is 5.39. The molecule has 0 aliphatic carbocycles. The SMILES string of the molecule is C[C@@H]1O[C@H](CC(=O)c2ccccc2)[C@@H](O)[C@H](O)[C@@H]1O. The highest BCUT2D eigenvalue weighted by atomic mass is 16.5. The van der Waals surface area contributed by atoms with Gasteiger partial charge in [-0.2, -0.15) is 0 Å². The van der Waals surface area contributed by atoms with Crippen molar-refractivity contribution in [1.82, 2.24) is 0 Å². The van der Waals surface area contributed by atoms with Crippen LogP contribution in [0.25, 0.3) is 0 Å². The number of rotatable bonds is 3. The number of Topliss-reactive ketones (excluding diaryl/α,β-unsaturated/α-hetero) is 1. The van der Waals surface area contributed by atoms with Gasteiger partial charge >= 0.3 is 0 Å². The van der Waals surface area contributed by atoms with E-state index >= 15 is 0 Å². The highest BCUT2D eigenvalue weighted by molar-refractivity contribution is 5.96. The third-order valence-electron chi connectivity index (χ3n) is 3.43. The Morgan fingerprint density at radius 1 is 1.11 bits per heavy atom. The Bertz CT molecular complexity index is 433. The number of carbonyl (C=O) groups excluding carboxylic acids is 1. The molecule has 1 heterocycles. The predicted octanol–water partition coefficient (Wildman–Crippen LogP) is 0.129. The normalized spacial score (nSPS) is 35.1. The number of ketones is 1. The van der Waals surface area contributed by atoms with E-state index < -0.39 is 30.5 Å². The average molecular weight is 266 g/mol. The van der Waals surface area contributed by atoms with Crippen molar-refractivity contribution in [1.29, 1.82) is 0 Å². The summed E-state index contributed by atoms with van der Waals surface area (Å²) in [6, 6.07) is 8.70. The van der Waals surface area contributed by atoms with Gasteiger partial charge in [0.1, 0.15) is 18.3 Å². The van der Waals surface area contributed by atoms with Gasteiger partial charge in [0.15, 0.2) is 5.78 Å². The third-order valence-corrected chi connectivity index (χ3v) is 3.43. The van der Waals surface area contributed by atoms with Crippen molar-refractivity contribution in [3.8, 4) is 0 Å². The van der Waals surface area contributed by atoms with Crippen LogP contribution in [0.2, 0.25) is 0 Å². The minimum absolute atomic E-state index is 0.0285. The zero-order chi connectivity index (χ0) is 14.0. The number of aliphatic hydroxyl groups is 3. The van der Waals surface area contributed by atoms with E-state index in [0.29, 0.717) is 5.56 Å². The van der Waals surface area contributed by atoms with Gasteiger partial charge in [-0.15, -0.1) is 0 Å². The molecule has 0 unspecified atom stereocenters. The lowest BCUT2D eigenvalue weighted by Crippen LogP contribution is -2.56. The second-order valence-corrected chi connectivity index (χ2v) is 4.84. The molecule has 0 bridgehead atoms. The molecular formula is C14H18O5. The molecule has 2 rings (SSSR count). The first kappa shape index (κ1) is 14.1. The van der Waals surface area contributed by atoms with Gasteiger partial charge in [-0.1, -0.05) is 30.3 Å². The number of hydrogen-bond acceptors (Lipinski definition) is 5. The standard InChI is InChI=1S/C14H18O5/c1-8-12(16)14(18)13(17)11(19-8)7-10(15)9-5-3-2-4-6-9/h2-6,8,11-14,16-18H,7H2,1H3/t8-,11+,12+,13+,14+/m0/s1. The monoisotopic (exact) mass is 266 g/mol. The molecule has 19 heavy (non-hydrogen) atoms. The second kappa shape index (κ2) is 5.79. The first-order valence-electron chi connectivity index (χ1n) is 6.28. The first-order chi connectivity index (χ1) is 9.00. The van der Waals surface area contributed by atoms with E-state index in [0.717, 1.165) is 0 Å². The Morgan fingerprint density at radius 2 is 1.74 bits per heavy atom. The van der Waals surface area contributed by atoms with E-state index in [1.165, 1.54) is 0 Å². The predicted molar refractivity (Wildman–Crippen MR) is 67.7 cm³/mol. The van der Waals surface area contributed by atoms with E-state index in [-0.39, 0.29) is 12.2 Å². The molecule has 1 saturated heterocycles. The lowest BCUT2D eigenvalue weighted by Gasteiger charge is -2.39. The molecule has 3 N–H and O–H groups in total. The maximum Gasteiger partial charge on any atom is 0.165 e. The molecule has 0 radical (unpaired) electrons. The largest absolute Gasteiger partial charge is 0.388 e. The van der Waals surface area contributed by atoms with E-state index in [9.17, 15) is 20.1 Å². The number of carbonyl (C=O) groups is 1. The van der Waals surface area contributed by atoms with Crippen LogP contribution in [0.4, 0.5) is 0 Å². The van der Waals surface area contributed by atoms with Crippen molar-refractivity contribution in [3.05, 3.63) is 35.9 Å². The first-order valence-corrected chi connectivity index (χ1v) is 6.28. The summed E-state index contributed by atoms with van der Waals surface area (Å²) in [6.45, 7) is 1.60. The Hall–Kier alpha value is -1.27. The molecule has 5 nitrogen and oxygen atoms in total. The number of aliphatic hydroxyl groups excluding tert-OH is 3. The summed E-state index contributed by atoms with van der Waals surface area (Å²) in [6.07, 6.45) is -5.15. The third kappa shape index (κ3) is 3.01. The van der Waals surface area contributed by atoms with Gasteiger partial charge < -0.3 is 20.1 Å². The van der Waals surface area contributed by atoms with Crippen LogP contribution < -0.4 is 0 Å². The van der Waals surface area contributed by atoms with E-state index in [2.05, 4.69) is 0 Å². The molecule has 0 aromatic heterocycles. The van der Waals surface area contributed by atoms with E-state index in [1.54, 1.807) is 31.2 Å². The number of ether oxygens (including phenoxy) is 1. The Balaban J connectivity index is 2.05. The average Bonchev–Trinajstić information content (AvgIpc) is 2.43. The number of benzene rings is 1. The van der Waals surface area contributed by atoms with Gasteiger partial charge in [0.25, 0.3) is 0 Å². The fourth-order valence-corrected chi connectivity index (χ4v) is 2.23. The molecule has 1 fully saturated rings. The van der Waals surface area contributed by atoms with Crippen LogP contribution in [-0.2, 0) is 4.74 Å². The molecule has 1 aromatic rings. The van der Waals surface area contributed by atoms with Crippen LogP contribution in [0.15, 0.2) is 30.3 Å². The fourth-order valence-electron chi connectivity index (χ4n) is 2.23. The van der Waals surface area contributed by atoms with Crippen molar-refractivity contribution in [2.75, 3.05) is 0 Å². The van der Waals surface area contributed by atoms with Crippen LogP contribution in [-0.4, -0.2) is 51.6 Å². The molecule has 1 aromatic carbocycles. The van der Waals surface area contributed by atoms with Crippen LogP contribution in [0, 0.1) is 0 Å². The van der Waals surface area contributed by atoms with Crippen molar-refractivity contribution < 1.29 is 24.9 Å². The van der Waals surface area contributed by atoms with Crippen LogP contribution in [0.3, 0.4) is 0 Å². The number of hydrogen-bond donors (Lipinski definition) is 3. The van der Waals surface area contributed by atoms with Crippen LogP contribution in [0.1, 0.15) is 23.7 Å². The molecule has 0 spiro atoms. The van der Waals surface area contributed by atoms with Gasteiger partial charge in [-0.3, -0.25) is 4.79 Å². The molecule has 104 valence electrons. The summed E-state index contributed by atoms with van der Waals surface area (Å²) in [4.78, 5) is 12.0. The molecule has 1 aliphatic heterocycles. The summed E-state index contributed by atoms with van der Waals surface area (Å²) in [5.74, 6) is -0.166. The maximum absolute atomic E-state index is 12.0. The zero-order valence-electron chi connectivity index (χ0n) is 10.6. The van der Waals surface area contributed by atoms with Crippen molar-refractivity contribution in [3.63, 3.8) is 0 Å². The summed E-state index contributed by atoms with van der Waals surface area (Å²) >= 11 is 0. The Morgan fingerprint density at radius 3 is 2.37 bits per heavy atom. The minimum atomic E-state index is -1.29. The maximum atomic E-state index is 12.0. The van der Waals surface area contributed by atoms with Gasteiger partial charge in [0.05, 0.1) is 12.2 Å². The van der Waals surface area contributed by atoms with Gasteiger partial charge in [0.2, 0.25) is 0 Å². The summed E-state index contributed by atoms with van der Waals surface area (Å²) in [5, 5.41) is 29.1. The van der Waals surface area contributed by atoms with Gasteiger partial charge in [0, 0.05) is 12.0 Å². The molecule has 0 amide bonds. The lowest BCUT2D eigenvalue weighted by molar-refractivity contribution is -0.215. The molecule has 5 atom stereocenters. The van der Waals surface area contributed by atoms with Gasteiger partial charge in [-0.25, -0.2) is 0 Å². The van der Waals surface area contributed by atoms with Crippen molar-refractivity contribution >= 4 is 5.78 Å². The molecular weight excluding hydrogens is 248 g/mol. The Labute approximate surface area is 111 Å². The zero-order valence-corrected chi connectivity index (χ0v) is 10.6. The van der Waals surface area contributed by atoms with Gasteiger partial charge in [-0.05, 0) is 6.92 Å². The lowest BCUT2D eigenvalue weighted by atomic mass is 9.92. The van der Waals surface area contributed by atoms with E-state index in [4.69, 9.17) is 4.74 Å². The Kier molecular flexibility index (Phi) is 4.31.